The first-order valence-electron chi connectivity index (χ1n) is 10.6. The molecule has 1 N–H and O–H groups in total. The highest BCUT2D eigenvalue weighted by Gasteiger charge is 2.62. The topological polar surface area (TPSA) is 55.9 Å². The number of hydrogen-bond donors (Lipinski definition) is 1. The van der Waals surface area contributed by atoms with Crippen LogP contribution in [0.2, 0.25) is 0 Å². The van der Waals surface area contributed by atoms with E-state index >= 15 is 0 Å². The van der Waals surface area contributed by atoms with Crippen LogP contribution in [0.1, 0.15) is 6.42 Å². The van der Waals surface area contributed by atoms with Crippen molar-refractivity contribution >= 4 is 51.4 Å². The molecular formula is C24H18F2N4O2S. The van der Waals surface area contributed by atoms with E-state index in [1.807, 2.05) is 36.4 Å². The Morgan fingerprint density at radius 1 is 0.970 bits per heavy atom. The maximum Gasteiger partial charge on any atom is 0.332 e. The minimum Gasteiger partial charge on any atom is -0.341 e. The number of benzene rings is 3. The summed E-state index contributed by atoms with van der Waals surface area (Å²) >= 11 is 5.45. The van der Waals surface area contributed by atoms with Gasteiger partial charge in [0.15, 0.2) is 5.11 Å². The zero-order valence-electron chi connectivity index (χ0n) is 17.2. The fourth-order valence-electron chi connectivity index (χ4n) is 5.31. The van der Waals surface area contributed by atoms with Gasteiger partial charge in [-0.1, -0.05) is 42.5 Å². The molecule has 3 fully saturated rings. The average Bonchev–Trinajstić information content (AvgIpc) is 3.47. The lowest BCUT2D eigenvalue weighted by Crippen LogP contribution is -2.55. The number of anilines is 2. The zero-order chi connectivity index (χ0) is 22.9. The van der Waals surface area contributed by atoms with Crippen LogP contribution >= 0.6 is 12.2 Å². The van der Waals surface area contributed by atoms with Gasteiger partial charge in [0.25, 0.3) is 5.91 Å². The van der Waals surface area contributed by atoms with Gasteiger partial charge in [0.2, 0.25) is 0 Å². The molecule has 6 nitrogen and oxygen atoms in total. The Kier molecular flexibility index (Phi) is 4.38. The van der Waals surface area contributed by atoms with Crippen LogP contribution < -0.4 is 10.2 Å². The molecule has 2 bridgehead atoms. The summed E-state index contributed by atoms with van der Waals surface area (Å²) in [5, 5.41) is 4.55. The van der Waals surface area contributed by atoms with Crippen molar-refractivity contribution in [2.24, 2.45) is 0 Å². The molecule has 6 rings (SSSR count). The molecule has 0 unspecified atom stereocenters. The molecule has 33 heavy (non-hydrogen) atoms. The molecule has 166 valence electrons. The van der Waals surface area contributed by atoms with Gasteiger partial charge in [0.05, 0.1) is 17.8 Å². The van der Waals surface area contributed by atoms with Crippen molar-refractivity contribution in [3.8, 4) is 0 Å². The molecule has 9 heteroatoms. The summed E-state index contributed by atoms with van der Waals surface area (Å²) < 4.78 is 28.2. The van der Waals surface area contributed by atoms with E-state index in [1.54, 1.807) is 15.9 Å². The highest BCUT2D eigenvalue weighted by Crippen LogP contribution is 2.43. The second kappa shape index (κ2) is 7.21. The Morgan fingerprint density at radius 2 is 1.67 bits per heavy atom. The van der Waals surface area contributed by atoms with Crippen molar-refractivity contribution in [3.63, 3.8) is 0 Å². The average molecular weight is 464 g/mol. The first-order chi connectivity index (χ1) is 16.0. The Balaban J connectivity index is 1.30. The van der Waals surface area contributed by atoms with Gasteiger partial charge in [-0.25, -0.2) is 18.5 Å². The number of rotatable bonds is 2. The minimum atomic E-state index is -0.752. The number of carbonyl (C=O) groups excluding carboxylic acids is 2. The zero-order valence-corrected chi connectivity index (χ0v) is 18.1. The van der Waals surface area contributed by atoms with Gasteiger partial charge in [0.1, 0.15) is 23.4 Å². The third-order valence-corrected chi connectivity index (χ3v) is 7.06. The third kappa shape index (κ3) is 2.85. The van der Waals surface area contributed by atoms with E-state index in [-0.39, 0.29) is 34.8 Å². The van der Waals surface area contributed by atoms with Gasteiger partial charge >= 0.3 is 6.03 Å². The maximum atomic E-state index is 14.1. The lowest BCUT2D eigenvalue weighted by atomic mass is 10.1. The van der Waals surface area contributed by atoms with E-state index in [4.69, 9.17) is 12.2 Å². The molecule has 0 aromatic heterocycles. The van der Waals surface area contributed by atoms with Crippen LogP contribution in [0.5, 0.6) is 0 Å². The summed E-state index contributed by atoms with van der Waals surface area (Å²) in [6.45, 7) is 0.394. The lowest BCUT2D eigenvalue weighted by Gasteiger charge is -2.36. The van der Waals surface area contributed by atoms with Crippen LogP contribution in [0.15, 0.2) is 60.7 Å². The van der Waals surface area contributed by atoms with E-state index in [9.17, 15) is 18.4 Å². The predicted octanol–water partition coefficient (Wildman–Crippen LogP) is 4.11. The molecule has 3 heterocycles. The van der Waals surface area contributed by atoms with Gasteiger partial charge in [-0.3, -0.25) is 4.79 Å². The number of urea groups is 1. The number of thiocarbonyl (C=S) groups is 1. The highest BCUT2D eigenvalue weighted by molar-refractivity contribution is 7.80. The number of likely N-dealkylation sites (tertiary alicyclic amines) is 1. The molecule has 3 aliphatic heterocycles. The van der Waals surface area contributed by atoms with Crippen molar-refractivity contribution in [2.75, 3.05) is 16.8 Å². The van der Waals surface area contributed by atoms with Gasteiger partial charge in [0, 0.05) is 11.9 Å². The number of imide groups is 1. The van der Waals surface area contributed by atoms with E-state index in [2.05, 4.69) is 5.32 Å². The normalized spacial score (nSPS) is 23.6. The number of hydrogen-bond acceptors (Lipinski definition) is 3. The van der Waals surface area contributed by atoms with Crippen molar-refractivity contribution in [1.29, 1.82) is 0 Å². The SMILES string of the molecule is O=C1[C@@H]2[C@@H]3C[C@@H](CN3C(=S)Nc3c(F)cccc3F)N2C(=O)N1c1cccc2ccccc12. The number of piperazine rings is 1. The van der Waals surface area contributed by atoms with Gasteiger partial charge in [-0.15, -0.1) is 0 Å². The van der Waals surface area contributed by atoms with Crippen LogP contribution in [-0.2, 0) is 4.79 Å². The molecule has 3 aliphatic rings. The smallest absolute Gasteiger partial charge is 0.332 e. The molecule has 0 radical (unpaired) electrons. The first-order valence-corrected chi connectivity index (χ1v) is 11.0. The van der Waals surface area contributed by atoms with E-state index in [0.29, 0.717) is 18.7 Å². The Hall–Kier alpha value is -3.59. The third-order valence-electron chi connectivity index (χ3n) is 6.73. The van der Waals surface area contributed by atoms with Gasteiger partial charge < -0.3 is 15.1 Å². The molecule has 3 amide bonds. The van der Waals surface area contributed by atoms with Crippen LogP contribution in [0.3, 0.4) is 0 Å². The summed E-state index contributed by atoms with van der Waals surface area (Å²) in [7, 11) is 0. The van der Waals surface area contributed by atoms with Gasteiger partial charge in [-0.2, -0.15) is 0 Å². The van der Waals surface area contributed by atoms with Gasteiger partial charge in [-0.05, 0) is 42.2 Å². The number of nitrogens with one attached hydrogen (secondary N) is 1. The highest BCUT2D eigenvalue weighted by atomic mass is 32.1. The van der Waals surface area contributed by atoms with Crippen LogP contribution in [0, 0.1) is 11.6 Å². The minimum absolute atomic E-state index is 0.134. The quantitative estimate of drug-likeness (QED) is 0.457. The Bertz CT molecular complexity index is 1320. The molecule has 3 aromatic rings. The number of para-hydroxylation sites is 1. The molecule has 3 saturated heterocycles. The van der Waals surface area contributed by atoms with E-state index in [1.165, 1.54) is 11.0 Å². The van der Waals surface area contributed by atoms with E-state index in [0.717, 1.165) is 22.9 Å². The fraction of sp³-hybridized carbons (Fsp3) is 0.208. The van der Waals surface area contributed by atoms with Crippen LogP contribution in [0.25, 0.3) is 10.8 Å². The molecule has 3 atom stereocenters. The standard InChI is InChI=1S/C24H18F2N4O2S/c25-16-8-4-9-17(26)20(16)27-23(33)28-12-14-11-19(28)21-22(31)30(24(32)29(14)21)18-10-3-6-13-5-1-2-7-15(13)18/h1-10,14,19,21H,11-12H2,(H,27,33)/t14-,19-,21-/m0/s1. The largest absolute Gasteiger partial charge is 0.341 e. The first kappa shape index (κ1) is 20.0. The van der Waals surface area contributed by atoms with E-state index < -0.39 is 17.7 Å². The monoisotopic (exact) mass is 464 g/mol. The van der Waals surface area contributed by atoms with Crippen LogP contribution in [-0.4, -0.2) is 51.5 Å². The van der Waals surface area contributed by atoms with Crippen molar-refractivity contribution in [2.45, 2.75) is 24.5 Å². The number of nitrogens with zero attached hydrogens (tertiary/aromatic N) is 3. The van der Waals surface area contributed by atoms with Crippen molar-refractivity contribution in [3.05, 3.63) is 72.3 Å². The van der Waals surface area contributed by atoms with Crippen molar-refractivity contribution in [1.82, 2.24) is 9.80 Å². The van der Waals surface area contributed by atoms with Crippen LogP contribution in [0.4, 0.5) is 25.0 Å². The number of carbonyl (C=O) groups is 2. The molecule has 0 spiro atoms. The predicted molar refractivity (Wildman–Crippen MR) is 124 cm³/mol. The molecular weight excluding hydrogens is 446 g/mol. The molecule has 0 aliphatic carbocycles. The lowest BCUT2D eigenvalue weighted by molar-refractivity contribution is -0.120. The number of halogens is 2. The summed E-state index contributed by atoms with van der Waals surface area (Å²) in [5.41, 5.74) is 0.228. The molecule has 3 aromatic carbocycles. The molecule has 0 saturated carbocycles. The summed E-state index contributed by atoms with van der Waals surface area (Å²) in [5.74, 6) is -1.82. The second-order valence-corrected chi connectivity index (χ2v) is 8.83. The second-order valence-electron chi connectivity index (χ2n) is 8.44. The maximum absolute atomic E-state index is 14.1. The van der Waals surface area contributed by atoms with Crippen molar-refractivity contribution < 1.29 is 18.4 Å². The number of fused-ring (bicyclic) bond motifs is 6. The summed E-state index contributed by atoms with van der Waals surface area (Å²) in [4.78, 5) is 31.5. The summed E-state index contributed by atoms with van der Waals surface area (Å²) in [6, 6.07) is 15.1. The Labute approximate surface area is 193 Å². The summed E-state index contributed by atoms with van der Waals surface area (Å²) in [6.07, 6.45) is 0.576. The fourth-order valence-corrected chi connectivity index (χ4v) is 5.62. The Morgan fingerprint density at radius 3 is 2.45 bits per heavy atom. The number of amides is 3.